The summed E-state index contributed by atoms with van der Waals surface area (Å²) in [5.74, 6) is -0.595. The number of rotatable bonds is 70. The molecule has 0 bridgehead atoms. The van der Waals surface area contributed by atoms with Crippen molar-refractivity contribution in [3.05, 3.63) is 0 Å². The molecule has 0 heterocycles. The van der Waals surface area contributed by atoms with Crippen LogP contribution in [-0.2, 0) is 65.4 Å². The van der Waals surface area contributed by atoms with Gasteiger partial charge in [-0.15, -0.1) is 0 Å². The van der Waals surface area contributed by atoms with Gasteiger partial charge in [0.15, 0.2) is 12.2 Å². The lowest BCUT2D eigenvalue weighted by Gasteiger charge is -2.21. The maximum Gasteiger partial charge on any atom is 0.472 e. The second-order valence-electron chi connectivity index (χ2n) is 26.6. The van der Waals surface area contributed by atoms with Crippen molar-refractivity contribution in [1.29, 1.82) is 0 Å². The van der Waals surface area contributed by atoms with E-state index in [1.165, 1.54) is 173 Å². The summed E-state index contributed by atoms with van der Waals surface area (Å²) in [7, 11) is -9.90. The maximum absolute atomic E-state index is 13.0. The molecule has 90 heavy (non-hydrogen) atoms. The van der Waals surface area contributed by atoms with Crippen LogP contribution in [0.5, 0.6) is 0 Å². The van der Waals surface area contributed by atoms with Crippen molar-refractivity contribution in [2.45, 2.75) is 381 Å². The molecular weight excluding hydrogens is 1190 g/mol. The van der Waals surface area contributed by atoms with Crippen molar-refractivity contribution in [2.75, 3.05) is 39.6 Å². The Balaban J connectivity index is 5.23. The first-order chi connectivity index (χ1) is 43.4. The van der Waals surface area contributed by atoms with E-state index in [1.807, 2.05) is 0 Å². The smallest absolute Gasteiger partial charge is 0.462 e. The Hall–Kier alpha value is -1.94. The Morgan fingerprint density at radius 3 is 0.756 bits per heavy atom. The Kier molecular flexibility index (Phi) is 61.8. The minimum Gasteiger partial charge on any atom is -0.462 e. The summed E-state index contributed by atoms with van der Waals surface area (Å²) in [6.45, 7) is 9.54. The quantitative estimate of drug-likeness (QED) is 0.0222. The van der Waals surface area contributed by atoms with Crippen molar-refractivity contribution < 1.29 is 80.2 Å². The van der Waals surface area contributed by atoms with Crippen molar-refractivity contribution >= 4 is 39.5 Å². The molecule has 534 valence electrons. The highest BCUT2D eigenvalue weighted by Crippen LogP contribution is 2.45. The molecule has 5 atom stereocenters. The number of phosphoric acid groups is 2. The summed E-state index contributed by atoms with van der Waals surface area (Å²) < 4.78 is 68.3. The first-order valence-corrected chi connectivity index (χ1v) is 40.0. The number of carbonyl (C=O) groups is 4. The molecule has 19 heteroatoms. The van der Waals surface area contributed by atoms with Crippen molar-refractivity contribution in [3.63, 3.8) is 0 Å². The number of aliphatic hydroxyl groups is 1. The lowest BCUT2D eigenvalue weighted by atomic mass is 10.0. The maximum atomic E-state index is 13.0. The molecule has 0 aromatic rings. The molecule has 0 aromatic heterocycles. The predicted octanol–water partition coefficient (Wildman–Crippen LogP) is 20.4. The average molecular weight is 1330 g/mol. The molecule has 17 nitrogen and oxygen atoms in total. The van der Waals surface area contributed by atoms with Gasteiger partial charge in [0.2, 0.25) is 0 Å². The number of unbranched alkanes of at least 4 members (excludes halogenated alkanes) is 40. The zero-order valence-corrected chi connectivity index (χ0v) is 60.2. The fourth-order valence-corrected chi connectivity index (χ4v) is 12.3. The van der Waals surface area contributed by atoms with Crippen LogP contribution in [0.2, 0.25) is 0 Å². The van der Waals surface area contributed by atoms with Gasteiger partial charge in [0, 0.05) is 25.7 Å². The SMILES string of the molecule is CCCCCCCCCCCCCCCCC(=O)OC[C@H](COP(=O)(O)OC[C@@H](O)COP(=O)(O)OC[C@@H](COC(=O)CCCCCCCCCC)OC(=O)CCCCCCCCCCCCC(C)C)OC(=O)CCCCCCCCCCCCCCC(C)C. The monoisotopic (exact) mass is 1320 g/mol. The molecule has 0 saturated heterocycles. The fourth-order valence-electron chi connectivity index (χ4n) is 10.8. The number of ether oxygens (including phenoxy) is 4. The Labute approximate surface area is 549 Å². The van der Waals surface area contributed by atoms with E-state index in [0.29, 0.717) is 25.7 Å². The second kappa shape index (κ2) is 63.1. The van der Waals surface area contributed by atoms with E-state index in [1.54, 1.807) is 0 Å². The molecule has 0 fully saturated rings. The summed E-state index contributed by atoms with van der Waals surface area (Å²) >= 11 is 0. The molecule has 0 aliphatic carbocycles. The molecule has 3 N–H and O–H groups in total. The minimum atomic E-state index is -4.95. The van der Waals surface area contributed by atoms with Crippen LogP contribution in [0.1, 0.15) is 363 Å². The number of phosphoric ester groups is 2. The van der Waals surface area contributed by atoms with Gasteiger partial charge >= 0.3 is 39.5 Å². The minimum absolute atomic E-state index is 0.106. The third kappa shape index (κ3) is 64.8. The van der Waals surface area contributed by atoms with Gasteiger partial charge in [-0.05, 0) is 37.5 Å². The Bertz CT molecular complexity index is 1750. The predicted molar refractivity (Wildman–Crippen MR) is 363 cm³/mol. The van der Waals surface area contributed by atoms with E-state index in [4.69, 9.17) is 37.0 Å². The first-order valence-electron chi connectivity index (χ1n) is 37.0. The molecule has 0 aliphatic heterocycles. The van der Waals surface area contributed by atoms with Gasteiger partial charge in [-0.1, -0.05) is 311 Å². The summed E-state index contributed by atoms with van der Waals surface area (Å²) in [5.41, 5.74) is 0. The van der Waals surface area contributed by atoms with Gasteiger partial charge in [-0.25, -0.2) is 9.13 Å². The molecule has 0 radical (unpaired) electrons. The lowest BCUT2D eigenvalue weighted by molar-refractivity contribution is -0.161. The highest BCUT2D eigenvalue weighted by molar-refractivity contribution is 7.47. The number of aliphatic hydroxyl groups excluding tert-OH is 1. The molecular formula is C71H138O17P2. The third-order valence-corrected chi connectivity index (χ3v) is 18.4. The number of carbonyl (C=O) groups excluding carboxylic acids is 4. The average Bonchev–Trinajstić information content (AvgIpc) is 3.69. The van der Waals surface area contributed by atoms with Gasteiger partial charge in [-0.3, -0.25) is 37.3 Å². The van der Waals surface area contributed by atoms with Crippen LogP contribution in [0.25, 0.3) is 0 Å². The fraction of sp³-hybridized carbons (Fsp3) is 0.944. The largest absolute Gasteiger partial charge is 0.472 e. The molecule has 0 saturated carbocycles. The standard InChI is InChI=1S/C71H138O17P2/c1-7-9-11-13-15-17-18-19-20-24-30-36-42-48-54-69(74)82-60-67(88-70(75)55-49-43-37-31-25-22-21-23-28-33-39-45-51-63(3)4)62-86-90(79,80)84-58-65(72)57-83-89(77,78)85-61-66(59-81-68(73)53-47-41-35-16-14-12-10-8-2)87-71(76)56-50-44-38-32-27-26-29-34-40-46-52-64(5)6/h63-67,72H,7-62H2,1-6H3,(H,77,78)(H,79,80)/t65-,66+,67+/m0/s1. The van der Waals surface area contributed by atoms with Crippen LogP contribution in [0, 0.1) is 11.8 Å². The first kappa shape index (κ1) is 88.1. The van der Waals surface area contributed by atoms with E-state index < -0.39 is 97.5 Å². The van der Waals surface area contributed by atoms with Crippen molar-refractivity contribution in [3.8, 4) is 0 Å². The molecule has 0 spiro atoms. The number of hydrogen-bond acceptors (Lipinski definition) is 15. The summed E-state index contributed by atoms with van der Waals surface area (Å²) in [4.78, 5) is 72.5. The zero-order valence-electron chi connectivity index (χ0n) is 58.4. The molecule has 2 unspecified atom stereocenters. The summed E-state index contributed by atoms with van der Waals surface area (Å²) in [6, 6.07) is 0. The second-order valence-corrected chi connectivity index (χ2v) is 29.5. The summed E-state index contributed by atoms with van der Waals surface area (Å²) in [6.07, 6.45) is 48.5. The van der Waals surface area contributed by atoms with Crippen molar-refractivity contribution in [2.24, 2.45) is 11.8 Å². The number of esters is 4. The van der Waals surface area contributed by atoms with Gasteiger partial charge in [0.25, 0.3) is 0 Å². The summed E-state index contributed by atoms with van der Waals surface area (Å²) in [5, 5.41) is 10.6. The van der Waals surface area contributed by atoms with Crippen LogP contribution in [-0.4, -0.2) is 96.7 Å². The van der Waals surface area contributed by atoms with E-state index in [0.717, 1.165) is 108 Å². The van der Waals surface area contributed by atoms with Gasteiger partial charge in [-0.2, -0.15) is 0 Å². The molecule has 0 aromatic carbocycles. The zero-order chi connectivity index (χ0) is 66.5. The Morgan fingerprint density at radius 2 is 0.511 bits per heavy atom. The van der Waals surface area contributed by atoms with Crippen LogP contribution in [0.4, 0.5) is 0 Å². The van der Waals surface area contributed by atoms with E-state index in [9.17, 15) is 43.2 Å². The normalized spacial score (nSPS) is 14.1. The van der Waals surface area contributed by atoms with Crippen LogP contribution >= 0.6 is 15.6 Å². The lowest BCUT2D eigenvalue weighted by Crippen LogP contribution is -2.30. The molecule has 0 aliphatic rings. The van der Waals surface area contributed by atoms with Crippen molar-refractivity contribution in [1.82, 2.24) is 0 Å². The number of hydrogen-bond donors (Lipinski definition) is 3. The van der Waals surface area contributed by atoms with Crippen LogP contribution in [0.15, 0.2) is 0 Å². The van der Waals surface area contributed by atoms with Crippen LogP contribution in [0.3, 0.4) is 0 Å². The highest BCUT2D eigenvalue weighted by Gasteiger charge is 2.30. The van der Waals surface area contributed by atoms with Gasteiger partial charge in [0.1, 0.15) is 19.3 Å². The topological polar surface area (TPSA) is 237 Å². The third-order valence-electron chi connectivity index (χ3n) is 16.5. The Morgan fingerprint density at radius 1 is 0.300 bits per heavy atom. The van der Waals surface area contributed by atoms with Crippen LogP contribution < -0.4 is 0 Å². The highest BCUT2D eigenvalue weighted by atomic mass is 31.2. The van der Waals surface area contributed by atoms with Gasteiger partial charge in [0.05, 0.1) is 26.4 Å². The molecule has 0 rings (SSSR count). The van der Waals surface area contributed by atoms with E-state index in [2.05, 4.69) is 41.5 Å². The van der Waals surface area contributed by atoms with Gasteiger partial charge < -0.3 is 33.8 Å². The van der Waals surface area contributed by atoms with E-state index in [-0.39, 0.29) is 25.7 Å². The van der Waals surface area contributed by atoms with E-state index >= 15 is 0 Å². The molecule has 0 amide bonds.